The second-order valence-electron chi connectivity index (χ2n) is 7.27. The molecule has 0 amide bonds. The Kier molecular flexibility index (Phi) is 0.918. The minimum absolute atomic E-state index is 0.427. The van der Waals surface area contributed by atoms with Crippen LogP contribution in [0.3, 0.4) is 0 Å². The third-order valence-electron chi connectivity index (χ3n) is 7.20. The molecule has 0 heterocycles. The smallest absolute Gasteiger partial charge is 0.0688 e. The van der Waals surface area contributed by atoms with Gasteiger partial charge in [-0.05, 0) is 67.6 Å². The fourth-order valence-corrected chi connectivity index (χ4v) is 7.56. The molecular weight excluding hydrogens is 188 g/mol. The molecule has 6 rings (SSSR count). The van der Waals surface area contributed by atoms with Crippen molar-refractivity contribution < 1.29 is 10.2 Å². The van der Waals surface area contributed by atoms with Gasteiger partial charge in [0.25, 0.3) is 0 Å². The van der Waals surface area contributed by atoms with Crippen LogP contribution in [0.5, 0.6) is 0 Å². The molecule has 0 radical (unpaired) electrons. The molecule has 82 valence electrons. The van der Waals surface area contributed by atoms with Crippen LogP contribution in [0.4, 0.5) is 0 Å². The van der Waals surface area contributed by atoms with Gasteiger partial charge in [0.1, 0.15) is 0 Å². The van der Waals surface area contributed by atoms with Crippen LogP contribution in [0.15, 0.2) is 0 Å². The van der Waals surface area contributed by atoms with E-state index in [9.17, 15) is 10.2 Å². The van der Waals surface area contributed by atoms with E-state index < -0.39 is 11.2 Å². The Labute approximate surface area is 89.7 Å². The van der Waals surface area contributed by atoms with Gasteiger partial charge in [-0.1, -0.05) is 0 Å². The van der Waals surface area contributed by atoms with E-state index in [-0.39, 0.29) is 0 Å². The standard InChI is InChI=1S/C13H18O2/c1-12(14)8-4-3-5-6(8)11-10(12)7(4)9(5)13(11,2)15/h4-11,14-15H,3H2,1-2H3. The van der Waals surface area contributed by atoms with Crippen molar-refractivity contribution in [3.8, 4) is 0 Å². The van der Waals surface area contributed by atoms with Crippen LogP contribution in [0.25, 0.3) is 0 Å². The van der Waals surface area contributed by atoms with Crippen LogP contribution in [0.1, 0.15) is 20.3 Å². The fraction of sp³-hybridized carbons (Fsp3) is 1.00. The van der Waals surface area contributed by atoms with Crippen LogP contribution >= 0.6 is 0 Å². The highest BCUT2D eigenvalue weighted by Gasteiger charge is 2.88. The number of hydrogen-bond acceptors (Lipinski definition) is 2. The zero-order chi connectivity index (χ0) is 10.3. The van der Waals surface area contributed by atoms with Crippen molar-refractivity contribution in [3.05, 3.63) is 0 Å². The van der Waals surface area contributed by atoms with Gasteiger partial charge in [-0.3, -0.25) is 0 Å². The van der Waals surface area contributed by atoms with E-state index in [1.54, 1.807) is 0 Å². The molecule has 6 fully saturated rings. The van der Waals surface area contributed by atoms with Gasteiger partial charge in [0.05, 0.1) is 11.2 Å². The van der Waals surface area contributed by atoms with Crippen LogP contribution < -0.4 is 0 Å². The van der Waals surface area contributed by atoms with Gasteiger partial charge < -0.3 is 10.2 Å². The quantitative estimate of drug-likeness (QED) is 0.617. The summed E-state index contributed by atoms with van der Waals surface area (Å²) in [6, 6.07) is 0. The van der Waals surface area contributed by atoms with E-state index in [2.05, 4.69) is 13.8 Å². The number of aliphatic hydroxyl groups is 2. The Bertz CT molecular complexity index is 350. The Morgan fingerprint density at radius 3 is 1.60 bits per heavy atom. The van der Waals surface area contributed by atoms with Crippen molar-refractivity contribution in [1.29, 1.82) is 0 Å². The Morgan fingerprint density at radius 1 is 0.800 bits per heavy atom. The van der Waals surface area contributed by atoms with Gasteiger partial charge in [0, 0.05) is 0 Å². The lowest BCUT2D eigenvalue weighted by molar-refractivity contribution is -0.0214. The summed E-state index contributed by atoms with van der Waals surface area (Å²) in [6.45, 7) is 4.10. The van der Waals surface area contributed by atoms with E-state index >= 15 is 0 Å². The second-order valence-corrected chi connectivity index (χ2v) is 7.27. The average molecular weight is 206 g/mol. The molecule has 6 aliphatic rings. The summed E-state index contributed by atoms with van der Waals surface area (Å²) in [7, 11) is 0. The molecular formula is C13H18O2. The van der Waals surface area contributed by atoms with Crippen molar-refractivity contribution in [1.82, 2.24) is 0 Å². The molecule has 6 saturated carbocycles. The number of hydrogen-bond donors (Lipinski definition) is 2. The van der Waals surface area contributed by atoms with Crippen molar-refractivity contribution >= 4 is 0 Å². The van der Waals surface area contributed by atoms with Crippen molar-refractivity contribution in [2.45, 2.75) is 31.5 Å². The second kappa shape index (κ2) is 1.70. The van der Waals surface area contributed by atoms with E-state index in [4.69, 9.17) is 0 Å². The van der Waals surface area contributed by atoms with Crippen LogP contribution in [-0.4, -0.2) is 21.4 Å². The Morgan fingerprint density at radius 2 is 1.20 bits per heavy atom. The summed E-state index contributed by atoms with van der Waals surface area (Å²) in [6.07, 6.45) is 1.31. The fourth-order valence-electron chi connectivity index (χ4n) is 7.56. The summed E-state index contributed by atoms with van der Waals surface area (Å²) in [5.74, 6) is 4.78. The molecule has 10 unspecified atom stereocenters. The van der Waals surface area contributed by atoms with Gasteiger partial charge in [-0.2, -0.15) is 0 Å². The highest BCUT2D eigenvalue weighted by atomic mass is 16.3. The lowest BCUT2D eigenvalue weighted by Gasteiger charge is -2.32. The summed E-state index contributed by atoms with van der Waals surface area (Å²) >= 11 is 0. The first-order chi connectivity index (χ1) is 6.97. The molecule has 0 aromatic heterocycles. The van der Waals surface area contributed by atoms with E-state index in [0.29, 0.717) is 35.5 Å². The van der Waals surface area contributed by atoms with Crippen molar-refractivity contribution in [3.63, 3.8) is 0 Å². The Balaban J connectivity index is 1.85. The van der Waals surface area contributed by atoms with Gasteiger partial charge in [-0.25, -0.2) is 0 Å². The predicted molar refractivity (Wildman–Crippen MR) is 53.8 cm³/mol. The van der Waals surface area contributed by atoms with Gasteiger partial charge >= 0.3 is 0 Å². The molecule has 0 spiro atoms. The topological polar surface area (TPSA) is 40.5 Å². The summed E-state index contributed by atoms with van der Waals surface area (Å²) in [5.41, 5.74) is -0.899. The zero-order valence-corrected chi connectivity index (χ0v) is 9.22. The van der Waals surface area contributed by atoms with E-state index in [0.717, 1.165) is 11.8 Å². The first-order valence-corrected chi connectivity index (χ1v) is 6.42. The maximum absolute atomic E-state index is 10.7. The molecule has 0 aromatic rings. The molecule has 2 nitrogen and oxygen atoms in total. The third kappa shape index (κ3) is 0.484. The molecule has 6 bridgehead atoms. The molecule has 0 aliphatic heterocycles. The lowest BCUT2D eigenvalue weighted by Crippen LogP contribution is -2.35. The minimum atomic E-state index is -0.450. The summed E-state index contributed by atoms with van der Waals surface area (Å²) < 4.78 is 0. The zero-order valence-electron chi connectivity index (χ0n) is 9.22. The third-order valence-corrected chi connectivity index (χ3v) is 7.20. The molecule has 0 aromatic carbocycles. The maximum atomic E-state index is 10.7. The van der Waals surface area contributed by atoms with Gasteiger partial charge in [0.2, 0.25) is 0 Å². The number of rotatable bonds is 0. The molecule has 15 heavy (non-hydrogen) atoms. The first-order valence-electron chi connectivity index (χ1n) is 6.42. The molecule has 0 saturated heterocycles. The summed E-state index contributed by atoms with van der Waals surface area (Å²) in [4.78, 5) is 0. The normalized spacial score (nSPS) is 85.6. The Hall–Kier alpha value is -0.0800. The highest BCUT2D eigenvalue weighted by Crippen LogP contribution is 2.87. The molecule has 10 atom stereocenters. The van der Waals surface area contributed by atoms with Crippen molar-refractivity contribution in [2.24, 2.45) is 47.3 Å². The largest absolute Gasteiger partial charge is 0.390 e. The molecule has 2 heteroatoms. The average Bonchev–Trinajstić information content (AvgIpc) is 2.79. The van der Waals surface area contributed by atoms with Gasteiger partial charge in [0.15, 0.2) is 0 Å². The highest BCUT2D eigenvalue weighted by molar-refractivity contribution is 5.36. The van der Waals surface area contributed by atoms with Crippen LogP contribution in [0, 0.1) is 47.3 Å². The van der Waals surface area contributed by atoms with E-state index in [1.165, 1.54) is 6.42 Å². The van der Waals surface area contributed by atoms with E-state index in [1.807, 2.05) is 0 Å². The van der Waals surface area contributed by atoms with Crippen molar-refractivity contribution in [2.75, 3.05) is 0 Å². The predicted octanol–water partition coefficient (Wildman–Crippen LogP) is 0.876. The maximum Gasteiger partial charge on any atom is 0.0688 e. The minimum Gasteiger partial charge on any atom is -0.390 e. The van der Waals surface area contributed by atoms with Gasteiger partial charge in [-0.15, -0.1) is 0 Å². The molecule has 2 N–H and O–H groups in total. The summed E-state index contributed by atoms with van der Waals surface area (Å²) in [5, 5.41) is 21.4. The molecule has 6 aliphatic carbocycles. The monoisotopic (exact) mass is 206 g/mol. The van der Waals surface area contributed by atoms with Crippen LogP contribution in [-0.2, 0) is 0 Å². The first kappa shape index (κ1) is 8.08. The SMILES string of the molecule is CC1(O)C2C3CC4C2C2C1C3C4C2(C)O. The van der Waals surface area contributed by atoms with Crippen LogP contribution in [0.2, 0.25) is 0 Å². The lowest BCUT2D eigenvalue weighted by atomic mass is 9.71.